The molecule has 3 heterocycles. The van der Waals surface area contributed by atoms with E-state index in [2.05, 4.69) is 202 Å². The minimum absolute atomic E-state index is 0. The molecule has 0 aliphatic heterocycles. The van der Waals surface area contributed by atoms with Crippen LogP contribution in [0.25, 0.3) is 42.7 Å². The van der Waals surface area contributed by atoms with Gasteiger partial charge in [-0.25, -0.2) is 0 Å². The van der Waals surface area contributed by atoms with Gasteiger partial charge < -0.3 is 4.98 Å². The SMILES string of the molecule is C.Cc1cc2cc(C(C)C)ccc2[nH]1.Cc1cc2cc(C(C)C)ccc2s1.Cc1ccc2ccc(C(C)C)cc2c1.Cc1cnc2ccc(C(C)C)cc2c1. The van der Waals surface area contributed by atoms with Crippen LogP contribution in [0.3, 0.4) is 0 Å². The summed E-state index contributed by atoms with van der Waals surface area (Å²) in [6.07, 6.45) is 1.91. The monoisotopic (exact) mass is 748 g/mol. The Morgan fingerprint density at radius 1 is 0.455 bits per heavy atom. The molecule has 2 nitrogen and oxygen atoms in total. The number of rotatable bonds is 4. The van der Waals surface area contributed by atoms with Gasteiger partial charge >= 0.3 is 0 Å². The van der Waals surface area contributed by atoms with Crippen LogP contribution in [0, 0.1) is 27.7 Å². The summed E-state index contributed by atoms with van der Waals surface area (Å²) in [5.41, 5.74) is 11.7. The maximum Gasteiger partial charge on any atom is 0.0702 e. The quantitative estimate of drug-likeness (QED) is 0.191. The van der Waals surface area contributed by atoms with E-state index in [9.17, 15) is 0 Å². The zero-order valence-corrected chi connectivity index (χ0v) is 35.5. The van der Waals surface area contributed by atoms with Crippen molar-refractivity contribution in [2.45, 2.75) is 114 Å². The first-order chi connectivity index (χ1) is 25.7. The molecule has 0 radical (unpaired) electrons. The van der Waals surface area contributed by atoms with Gasteiger partial charge in [0.2, 0.25) is 0 Å². The van der Waals surface area contributed by atoms with E-state index in [1.54, 1.807) is 0 Å². The molecule has 0 saturated carbocycles. The van der Waals surface area contributed by atoms with Crippen molar-refractivity contribution < 1.29 is 0 Å². The highest BCUT2D eigenvalue weighted by molar-refractivity contribution is 7.19. The maximum absolute atomic E-state index is 4.38. The molecule has 3 aromatic heterocycles. The Hall–Kier alpha value is -4.73. The summed E-state index contributed by atoms with van der Waals surface area (Å²) in [4.78, 5) is 9.10. The number of benzene rings is 5. The molecular formula is C52H64N2S. The van der Waals surface area contributed by atoms with Crippen LogP contribution in [0.1, 0.15) is 130 Å². The van der Waals surface area contributed by atoms with Crippen LogP contribution >= 0.6 is 11.3 Å². The summed E-state index contributed by atoms with van der Waals surface area (Å²) in [6.45, 7) is 26.3. The Kier molecular flexibility index (Phi) is 15.0. The summed E-state index contributed by atoms with van der Waals surface area (Å²) >= 11 is 1.87. The highest BCUT2D eigenvalue weighted by Crippen LogP contribution is 2.28. The van der Waals surface area contributed by atoms with Gasteiger partial charge in [-0.1, -0.05) is 129 Å². The largest absolute Gasteiger partial charge is 0.359 e. The fourth-order valence-electron chi connectivity index (χ4n) is 6.57. The molecule has 0 aliphatic rings. The van der Waals surface area contributed by atoms with E-state index in [-0.39, 0.29) is 7.43 Å². The van der Waals surface area contributed by atoms with Crippen LogP contribution in [-0.4, -0.2) is 9.97 Å². The lowest BCUT2D eigenvalue weighted by Gasteiger charge is -2.07. The molecule has 288 valence electrons. The number of nitrogens with zero attached hydrogens (tertiary/aromatic N) is 1. The Labute approximate surface area is 336 Å². The smallest absolute Gasteiger partial charge is 0.0702 e. The minimum Gasteiger partial charge on any atom is -0.359 e. The molecule has 8 rings (SSSR count). The molecule has 55 heavy (non-hydrogen) atoms. The van der Waals surface area contributed by atoms with E-state index < -0.39 is 0 Å². The van der Waals surface area contributed by atoms with E-state index in [4.69, 9.17) is 0 Å². The summed E-state index contributed by atoms with van der Waals surface area (Å²) < 4.78 is 1.40. The van der Waals surface area contributed by atoms with Crippen LogP contribution < -0.4 is 0 Å². The first-order valence-corrected chi connectivity index (χ1v) is 20.4. The van der Waals surface area contributed by atoms with Gasteiger partial charge in [-0.15, -0.1) is 11.3 Å². The van der Waals surface area contributed by atoms with Crippen molar-refractivity contribution in [2.24, 2.45) is 0 Å². The molecule has 0 fully saturated rings. The van der Waals surface area contributed by atoms with Gasteiger partial charge in [0.1, 0.15) is 0 Å². The molecule has 0 atom stereocenters. The first-order valence-electron chi connectivity index (χ1n) is 19.6. The van der Waals surface area contributed by atoms with Crippen molar-refractivity contribution in [3.05, 3.63) is 159 Å². The third-order valence-electron chi connectivity index (χ3n) is 9.97. The number of hydrogen-bond acceptors (Lipinski definition) is 2. The number of aromatic nitrogens is 2. The second-order valence-electron chi connectivity index (χ2n) is 16.1. The Bertz CT molecular complexity index is 2280. The standard InChI is InChI=1S/C14H16.C13H15N.C12H15N.C12H14S.CH4/c1-10(2)13-7-6-12-5-4-11(3)8-14(12)9-13;1-9(2)11-4-5-13-12(7-11)6-10(3)8-14-13;2*1-8(2)10-4-5-12-11(7-10)6-9(3)13-12;/h4-10H,1-3H3;4-9H,1-3H3;4-8,13H,1-3H3;4-8H,1-3H3;1H4. The van der Waals surface area contributed by atoms with Crippen molar-refractivity contribution >= 4 is 54.0 Å². The topological polar surface area (TPSA) is 28.7 Å². The van der Waals surface area contributed by atoms with Crippen LogP contribution in [0.4, 0.5) is 0 Å². The Balaban J connectivity index is 0.000000162. The van der Waals surface area contributed by atoms with E-state index in [1.165, 1.54) is 81.1 Å². The highest BCUT2D eigenvalue weighted by atomic mass is 32.1. The Morgan fingerprint density at radius 2 is 0.964 bits per heavy atom. The fourth-order valence-corrected chi connectivity index (χ4v) is 7.48. The second kappa shape index (κ2) is 19.2. The normalized spacial score (nSPS) is 11.1. The number of thiophene rings is 1. The lowest BCUT2D eigenvalue weighted by molar-refractivity contribution is 0.868. The molecule has 1 N–H and O–H groups in total. The van der Waals surface area contributed by atoms with Crippen molar-refractivity contribution in [1.29, 1.82) is 0 Å². The summed E-state index contributed by atoms with van der Waals surface area (Å²) in [6, 6.07) is 39.9. The predicted octanol–water partition coefficient (Wildman–Crippen LogP) is 16.5. The lowest BCUT2D eigenvalue weighted by Crippen LogP contribution is -1.88. The maximum atomic E-state index is 4.38. The van der Waals surface area contributed by atoms with Crippen molar-refractivity contribution in [3.8, 4) is 0 Å². The summed E-state index contributed by atoms with van der Waals surface area (Å²) in [5.74, 6) is 2.43. The molecule has 5 aromatic carbocycles. The third kappa shape index (κ3) is 11.6. The van der Waals surface area contributed by atoms with E-state index in [0.717, 1.165) is 5.52 Å². The number of fused-ring (bicyclic) bond motifs is 4. The molecule has 0 bridgehead atoms. The van der Waals surface area contributed by atoms with Gasteiger partial charge in [0.15, 0.2) is 0 Å². The average Bonchev–Trinajstić information content (AvgIpc) is 3.71. The molecule has 3 heteroatoms. The van der Waals surface area contributed by atoms with E-state index in [0.29, 0.717) is 23.7 Å². The zero-order chi connectivity index (χ0) is 39.1. The first kappa shape index (κ1) is 43.0. The number of aromatic amines is 1. The number of hydrogen-bond donors (Lipinski definition) is 1. The van der Waals surface area contributed by atoms with Crippen LogP contribution in [0.5, 0.6) is 0 Å². The van der Waals surface area contributed by atoms with Crippen molar-refractivity contribution in [1.82, 2.24) is 9.97 Å². The van der Waals surface area contributed by atoms with Crippen molar-refractivity contribution in [2.75, 3.05) is 0 Å². The van der Waals surface area contributed by atoms with Gasteiger partial charge in [0.05, 0.1) is 5.52 Å². The predicted molar refractivity (Wildman–Crippen MR) is 248 cm³/mol. The molecule has 8 aromatic rings. The minimum atomic E-state index is 0. The number of H-pyrrole nitrogens is 1. The van der Waals surface area contributed by atoms with Gasteiger partial charge in [-0.05, 0) is 149 Å². The third-order valence-corrected chi connectivity index (χ3v) is 11.0. The molecule has 0 unspecified atom stereocenters. The van der Waals surface area contributed by atoms with Crippen LogP contribution in [0.2, 0.25) is 0 Å². The van der Waals surface area contributed by atoms with E-state index in [1.807, 2.05) is 17.5 Å². The molecule has 0 amide bonds. The zero-order valence-electron chi connectivity index (χ0n) is 34.6. The van der Waals surface area contributed by atoms with Crippen LogP contribution in [0.15, 0.2) is 115 Å². The summed E-state index contributed by atoms with van der Waals surface area (Å²) in [7, 11) is 0. The van der Waals surface area contributed by atoms with Gasteiger partial charge in [0, 0.05) is 32.4 Å². The second-order valence-corrected chi connectivity index (χ2v) is 17.4. The number of nitrogens with one attached hydrogen (secondary N) is 1. The summed E-state index contributed by atoms with van der Waals surface area (Å²) in [5, 5.41) is 6.66. The fraction of sp³-hybridized carbons (Fsp3) is 0.327. The van der Waals surface area contributed by atoms with Crippen molar-refractivity contribution in [3.63, 3.8) is 0 Å². The van der Waals surface area contributed by atoms with E-state index >= 15 is 0 Å². The average molecular weight is 749 g/mol. The molecule has 0 spiro atoms. The highest BCUT2D eigenvalue weighted by Gasteiger charge is 2.05. The lowest BCUT2D eigenvalue weighted by atomic mass is 9.98. The van der Waals surface area contributed by atoms with Crippen LogP contribution in [-0.2, 0) is 0 Å². The number of aryl methyl sites for hydroxylation is 4. The molecule has 0 aliphatic carbocycles. The molecular weight excluding hydrogens is 685 g/mol. The molecule has 0 saturated heterocycles. The van der Waals surface area contributed by atoms with Gasteiger partial charge in [-0.3, -0.25) is 4.98 Å². The van der Waals surface area contributed by atoms with Gasteiger partial charge in [-0.2, -0.15) is 0 Å². The number of pyridine rings is 1. The Morgan fingerprint density at radius 3 is 1.60 bits per heavy atom. The van der Waals surface area contributed by atoms with Gasteiger partial charge in [0.25, 0.3) is 0 Å².